The average Bonchev–Trinajstić information content (AvgIpc) is 2.28. The van der Waals surface area contributed by atoms with Crippen LogP contribution in [0.15, 0.2) is 30.3 Å². The molecule has 2 rings (SSSR count). The number of allylic oxidation sites excluding steroid dienone is 1. The summed E-state index contributed by atoms with van der Waals surface area (Å²) in [5.74, 6) is 0. The van der Waals surface area contributed by atoms with Gasteiger partial charge in [-0.05, 0) is 35.8 Å². The molecule has 0 N–H and O–H groups in total. The smallest absolute Gasteiger partial charge is 0.00117 e. The summed E-state index contributed by atoms with van der Waals surface area (Å²) in [5.41, 5.74) is 3.38. The van der Waals surface area contributed by atoms with Crippen molar-refractivity contribution >= 4 is 6.08 Å². The molecular formula is C14H18. The van der Waals surface area contributed by atoms with E-state index in [9.17, 15) is 0 Å². The summed E-state index contributed by atoms with van der Waals surface area (Å²) in [6.45, 7) is 4.61. The molecule has 0 heterocycles. The maximum Gasteiger partial charge on any atom is -0.00117 e. The second kappa shape index (κ2) is 3.61. The lowest BCUT2D eigenvalue weighted by molar-refractivity contribution is 0.397. The molecular weight excluding hydrogens is 168 g/mol. The Morgan fingerprint density at radius 2 is 1.86 bits per heavy atom. The van der Waals surface area contributed by atoms with Crippen LogP contribution in [-0.4, -0.2) is 0 Å². The second-order valence-corrected chi connectivity index (χ2v) is 4.18. The molecule has 0 saturated carbocycles. The molecule has 0 amide bonds. The summed E-state index contributed by atoms with van der Waals surface area (Å²) >= 11 is 0. The monoisotopic (exact) mass is 186 g/mol. The van der Waals surface area contributed by atoms with Gasteiger partial charge in [-0.15, -0.1) is 0 Å². The Morgan fingerprint density at radius 3 is 2.57 bits per heavy atom. The van der Waals surface area contributed by atoms with E-state index < -0.39 is 0 Å². The molecule has 0 heteroatoms. The Labute approximate surface area is 86.7 Å². The molecule has 14 heavy (non-hydrogen) atoms. The fraction of sp³-hybridized carbons (Fsp3) is 0.429. The predicted molar refractivity (Wildman–Crippen MR) is 62.4 cm³/mol. The maximum absolute atomic E-state index is 2.33. The highest BCUT2D eigenvalue weighted by Gasteiger charge is 2.30. The Bertz CT molecular complexity index is 343. The van der Waals surface area contributed by atoms with Crippen molar-refractivity contribution in [3.05, 3.63) is 41.5 Å². The molecule has 1 aromatic rings. The minimum Gasteiger partial charge on any atom is -0.0830 e. The van der Waals surface area contributed by atoms with Gasteiger partial charge in [-0.1, -0.05) is 50.3 Å². The normalized spacial score (nSPS) is 17.9. The molecule has 74 valence electrons. The van der Waals surface area contributed by atoms with Gasteiger partial charge in [0, 0.05) is 0 Å². The van der Waals surface area contributed by atoms with Crippen LogP contribution in [0.3, 0.4) is 0 Å². The van der Waals surface area contributed by atoms with E-state index in [1.54, 1.807) is 5.56 Å². The van der Waals surface area contributed by atoms with Crippen molar-refractivity contribution < 1.29 is 0 Å². The summed E-state index contributed by atoms with van der Waals surface area (Å²) in [6.07, 6.45) is 8.28. The molecule has 1 aliphatic carbocycles. The Hall–Kier alpha value is -1.04. The van der Waals surface area contributed by atoms with Crippen LogP contribution < -0.4 is 0 Å². The van der Waals surface area contributed by atoms with Gasteiger partial charge < -0.3 is 0 Å². The topological polar surface area (TPSA) is 0 Å². The summed E-state index contributed by atoms with van der Waals surface area (Å²) < 4.78 is 0. The highest BCUT2D eigenvalue weighted by Crippen LogP contribution is 2.40. The lowest BCUT2D eigenvalue weighted by Crippen LogP contribution is -2.26. The van der Waals surface area contributed by atoms with Crippen molar-refractivity contribution in [1.82, 2.24) is 0 Å². The van der Waals surface area contributed by atoms with Crippen LogP contribution in [0.1, 0.15) is 44.2 Å². The van der Waals surface area contributed by atoms with Crippen LogP contribution in [0, 0.1) is 0 Å². The van der Waals surface area contributed by atoms with Crippen molar-refractivity contribution in [3.8, 4) is 0 Å². The van der Waals surface area contributed by atoms with Gasteiger partial charge in [0.1, 0.15) is 0 Å². The third kappa shape index (κ3) is 1.30. The lowest BCUT2D eigenvalue weighted by atomic mass is 9.69. The molecule has 1 aromatic carbocycles. The van der Waals surface area contributed by atoms with Gasteiger partial charge in [0.25, 0.3) is 0 Å². The number of hydrogen-bond donors (Lipinski definition) is 0. The molecule has 1 aliphatic rings. The molecule has 0 radical (unpaired) electrons. The van der Waals surface area contributed by atoms with Gasteiger partial charge >= 0.3 is 0 Å². The third-order valence-corrected chi connectivity index (χ3v) is 3.69. The maximum atomic E-state index is 2.33. The van der Waals surface area contributed by atoms with Crippen LogP contribution in [0.4, 0.5) is 0 Å². The van der Waals surface area contributed by atoms with Crippen molar-refractivity contribution in [1.29, 1.82) is 0 Å². The minimum absolute atomic E-state index is 0.408. The molecule has 0 atom stereocenters. The van der Waals surface area contributed by atoms with E-state index in [0.717, 1.165) is 0 Å². The molecule has 0 spiro atoms. The van der Waals surface area contributed by atoms with Crippen LogP contribution >= 0.6 is 0 Å². The van der Waals surface area contributed by atoms with Crippen molar-refractivity contribution in [2.24, 2.45) is 0 Å². The van der Waals surface area contributed by atoms with E-state index in [-0.39, 0.29) is 0 Å². The van der Waals surface area contributed by atoms with Crippen LogP contribution in [0.25, 0.3) is 6.08 Å². The van der Waals surface area contributed by atoms with E-state index in [2.05, 4.69) is 50.3 Å². The number of rotatable bonds is 2. The highest BCUT2D eigenvalue weighted by atomic mass is 14.3. The lowest BCUT2D eigenvalue weighted by Gasteiger charge is -2.35. The number of benzene rings is 1. The molecule has 0 saturated heterocycles. The molecule has 0 unspecified atom stereocenters. The number of fused-ring (bicyclic) bond motifs is 1. The first kappa shape index (κ1) is 9.51. The van der Waals surface area contributed by atoms with E-state index in [1.165, 1.54) is 24.8 Å². The van der Waals surface area contributed by atoms with E-state index >= 15 is 0 Å². The largest absolute Gasteiger partial charge is 0.0830 e. The van der Waals surface area contributed by atoms with Gasteiger partial charge in [0.15, 0.2) is 0 Å². The van der Waals surface area contributed by atoms with Crippen molar-refractivity contribution in [2.45, 2.75) is 38.5 Å². The summed E-state index contributed by atoms with van der Waals surface area (Å²) in [4.78, 5) is 0. The van der Waals surface area contributed by atoms with Gasteiger partial charge in [0.05, 0.1) is 0 Å². The van der Waals surface area contributed by atoms with E-state index in [4.69, 9.17) is 0 Å². The number of hydrogen-bond acceptors (Lipinski definition) is 0. The zero-order valence-electron chi connectivity index (χ0n) is 9.09. The minimum atomic E-state index is 0.408. The first-order valence-corrected chi connectivity index (χ1v) is 5.58. The van der Waals surface area contributed by atoms with Crippen LogP contribution in [0.5, 0.6) is 0 Å². The Morgan fingerprint density at radius 1 is 1.14 bits per heavy atom. The Kier molecular flexibility index (Phi) is 2.45. The van der Waals surface area contributed by atoms with Crippen LogP contribution in [0.2, 0.25) is 0 Å². The first-order valence-electron chi connectivity index (χ1n) is 5.58. The fourth-order valence-electron chi connectivity index (χ4n) is 2.57. The first-order chi connectivity index (χ1) is 6.82. The standard InChI is InChI=1S/C14H18/c1-3-14(4-2)11-7-9-12-8-5-6-10-13(12)14/h5-10H,3-4,11H2,1-2H3. The van der Waals surface area contributed by atoms with Gasteiger partial charge in [-0.2, -0.15) is 0 Å². The Balaban J connectivity index is 2.54. The second-order valence-electron chi connectivity index (χ2n) is 4.18. The average molecular weight is 186 g/mol. The quantitative estimate of drug-likeness (QED) is 0.650. The molecule has 0 bridgehead atoms. The van der Waals surface area contributed by atoms with E-state index in [1.807, 2.05) is 0 Å². The summed E-state index contributed by atoms with van der Waals surface area (Å²) in [7, 11) is 0. The van der Waals surface area contributed by atoms with Gasteiger partial charge in [0.2, 0.25) is 0 Å². The van der Waals surface area contributed by atoms with Crippen molar-refractivity contribution in [2.75, 3.05) is 0 Å². The zero-order valence-corrected chi connectivity index (χ0v) is 9.09. The third-order valence-electron chi connectivity index (χ3n) is 3.69. The molecule has 0 aliphatic heterocycles. The molecule has 0 nitrogen and oxygen atoms in total. The van der Waals surface area contributed by atoms with Crippen molar-refractivity contribution in [3.63, 3.8) is 0 Å². The van der Waals surface area contributed by atoms with Gasteiger partial charge in [-0.25, -0.2) is 0 Å². The zero-order chi connectivity index (χ0) is 10.0. The molecule has 0 aromatic heterocycles. The fourth-order valence-corrected chi connectivity index (χ4v) is 2.57. The summed E-state index contributed by atoms with van der Waals surface area (Å²) in [6, 6.07) is 8.82. The van der Waals surface area contributed by atoms with Crippen LogP contribution in [-0.2, 0) is 5.41 Å². The molecule has 0 fully saturated rings. The van der Waals surface area contributed by atoms with E-state index in [0.29, 0.717) is 5.41 Å². The highest BCUT2D eigenvalue weighted by molar-refractivity contribution is 5.59. The summed E-state index contributed by atoms with van der Waals surface area (Å²) in [5, 5.41) is 0. The SMILES string of the molecule is CCC1(CC)CC=Cc2ccccc21. The van der Waals surface area contributed by atoms with Gasteiger partial charge in [-0.3, -0.25) is 0 Å². The predicted octanol–water partition coefficient (Wildman–Crippen LogP) is 4.16.